The maximum atomic E-state index is 4.31. The Morgan fingerprint density at radius 3 is 1.94 bits per heavy atom. The van der Waals surface area contributed by atoms with E-state index in [1.165, 1.54) is 11.6 Å². The third-order valence-corrected chi connectivity index (χ3v) is 2.18. The minimum Gasteiger partial charge on any atom is -0.659 e. The molecule has 0 saturated carbocycles. The minimum absolute atomic E-state index is 0. The molecule has 1 aliphatic heterocycles. The Morgan fingerprint density at radius 1 is 1.00 bits per heavy atom. The molecule has 0 amide bonds. The van der Waals surface area contributed by atoms with Gasteiger partial charge in [0, 0.05) is 38.4 Å². The number of hydrogen-bond donors (Lipinski definition) is 0. The van der Waals surface area contributed by atoms with Crippen molar-refractivity contribution in [3.8, 4) is 0 Å². The fourth-order valence-electron chi connectivity index (χ4n) is 1.50. The van der Waals surface area contributed by atoms with Crippen LogP contribution in [0.25, 0.3) is 5.32 Å². The van der Waals surface area contributed by atoms with E-state index in [2.05, 4.69) is 61.3 Å². The second kappa shape index (κ2) is 10.0. The number of piperazine rings is 1. The van der Waals surface area contributed by atoms with Crippen molar-refractivity contribution in [3.63, 3.8) is 0 Å². The molecule has 0 atom stereocenters. The molecule has 1 fully saturated rings. The molecular formula is C14H22N2Y-2. The van der Waals surface area contributed by atoms with E-state index >= 15 is 0 Å². The van der Waals surface area contributed by atoms with E-state index in [9.17, 15) is 0 Å². The van der Waals surface area contributed by atoms with E-state index in [0.29, 0.717) is 0 Å². The maximum Gasteiger partial charge on any atom is 0.0365 e. The van der Waals surface area contributed by atoms with Gasteiger partial charge in [0.1, 0.15) is 0 Å². The number of hydrogen-bond acceptors (Lipinski definition) is 1. The number of anilines is 1. The first kappa shape index (κ1) is 17.1. The normalized spacial score (nSPS) is 14.7. The quantitative estimate of drug-likeness (QED) is 0.726. The zero-order valence-electron chi connectivity index (χ0n) is 11.2. The molecule has 0 spiro atoms. The van der Waals surface area contributed by atoms with Gasteiger partial charge in [-0.15, -0.1) is 13.1 Å². The Hall–Kier alpha value is 0.0839. The van der Waals surface area contributed by atoms with Crippen LogP contribution in [0.15, 0.2) is 30.3 Å². The van der Waals surface area contributed by atoms with Gasteiger partial charge in [0.2, 0.25) is 0 Å². The van der Waals surface area contributed by atoms with Crippen LogP contribution in [0, 0.1) is 5.92 Å². The molecule has 3 heteroatoms. The van der Waals surface area contributed by atoms with Crippen LogP contribution in [-0.2, 0) is 32.7 Å². The summed E-state index contributed by atoms with van der Waals surface area (Å²) in [6.07, 6.45) is 0. The van der Waals surface area contributed by atoms with Crippen molar-refractivity contribution in [2.45, 2.75) is 20.8 Å². The Morgan fingerprint density at radius 2 is 1.47 bits per heavy atom. The van der Waals surface area contributed by atoms with Gasteiger partial charge in [-0.2, -0.15) is 20.8 Å². The Balaban J connectivity index is 0.000000453. The van der Waals surface area contributed by atoms with E-state index in [1.54, 1.807) is 0 Å². The van der Waals surface area contributed by atoms with Crippen molar-refractivity contribution in [2.75, 3.05) is 31.1 Å². The fraction of sp³-hybridized carbons (Fsp3) is 0.500. The molecule has 0 unspecified atom stereocenters. The molecule has 1 heterocycles. The largest absolute Gasteiger partial charge is 0.659 e. The molecule has 1 aliphatic rings. The zero-order chi connectivity index (χ0) is 11.8. The average Bonchev–Trinajstić information content (AvgIpc) is 2.31. The number of para-hydroxylation sites is 1. The molecule has 1 aromatic carbocycles. The van der Waals surface area contributed by atoms with Gasteiger partial charge in [0.25, 0.3) is 0 Å². The van der Waals surface area contributed by atoms with Crippen LogP contribution in [0.4, 0.5) is 5.69 Å². The first-order valence-corrected chi connectivity index (χ1v) is 5.90. The van der Waals surface area contributed by atoms with Gasteiger partial charge in [-0.3, -0.25) is 0 Å². The van der Waals surface area contributed by atoms with E-state index in [4.69, 9.17) is 0 Å². The Labute approximate surface area is 131 Å². The van der Waals surface area contributed by atoms with Crippen LogP contribution in [0.3, 0.4) is 0 Å². The van der Waals surface area contributed by atoms with Gasteiger partial charge >= 0.3 is 0 Å². The van der Waals surface area contributed by atoms with E-state index < -0.39 is 0 Å². The van der Waals surface area contributed by atoms with Crippen LogP contribution >= 0.6 is 0 Å². The third kappa shape index (κ3) is 7.91. The van der Waals surface area contributed by atoms with Gasteiger partial charge < -0.3 is 16.1 Å². The molecule has 17 heavy (non-hydrogen) atoms. The van der Waals surface area contributed by atoms with Gasteiger partial charge in [0.05, 0.1) is 0 Å². The van der Waals surface area contributed by atoms with Gasteiger partial charge in [-0.1, -0.05) is 18.2 Å². The summed E-state index contributed by atoms with van der Waals surface area (Å²) in [5.74, 6) is 1.42. The molecule has 0 N–H and O–H groups in total. The number of rotatable bonds is 1. The molecule has 2 nitrogen and oxygen atoms in total. The summed E-state index contributed by atoms with van der Waals surface area (Å²) in [5, 5.41) is 4.31. The molecule has 0 bridgehead atoms. The molecule has 0 aromatic heterocycles. The topological polar surface area (TPSA) is 17.3 Å². The van der Waals surface area contributed by atoms with E-state index in [-0.39, 0.29) is 32.7 Å². The summed E-state index contributed by atoms with van der Waals surface area (Å²) in [6.45, 7) is 10.4. The van der Waals surface area contributed by atoms with Gasteiger partial charge in [-0.25, -0.2) is 0 Å². The van der Waals surface area contributed by atoms with Crippen molar-refractivity contribution in [2.24, 2.45) is 0 Å². The molecule has 93 valence electrons. The summed E-state index contributed by atoms with van der Waals surface area (Å²) in [4.78, 5) is 2.38. The first-order valence-electron chi connectivity index (χ1n) is 5.90. The maximum absolute atomic E-state index is 4.31. The van der Waals surface area contributed by atoms with Crippen molar-refractivity contribution in [3.05, 3.63) is 41.6 Å². The van der Waals surface area contributed by atoms with E-state index in [0.717, 1.165) is 26.2 Å². The standard InChI is InChI=1S/C10H13N2.C4H9.Y/c1-2-4-10(5-3-1)12-8-6-11-7-9-12;1-4(2)3;/h1-5H,6-9H2;1-3H3;/q2*-1;. The average molecular weight is 307 g/mol. The molecule has 1 radical (unpaired) electrons. The molecule has 0 aliphatic carbocycles. The van der Waals surface area contributed by atoms with Crippen LogP contribution in [0.2, 0.25) is 0 Å². The second-order valence-electron chi connectivity index (χ2n) is 4.49. The minimum atomic E-state index is 0. The summed E-state index contributed by atoms with van der Waals surface area (Å²) in [6, 6.07) is 10.5. The first-order chi connectivity index (χ1) is 7.70. The monoisotopic (exact) mass is 307 g/mol. The zero-order valence-corrected chi connectivity index (χ0v) is 14.0. The predicted molar refractivity (Wildman–Crippen MR) is 72.0 cm³/mol. The Kier molecular flexibility index (Phi) is 10.1. The van der Waals surface area contributed by atoms with Crippen molar-refractivity contribution in [1.82, 2.24) is 0 Å². The van der Waals surface area contributed by atoms with Gasteiger partial charge in [-0.05, 0) is 25.2 Å². The molecule has 1 aromatic rings. The van der Waals surface area contributed by atoms with Gasteiger partial charge in [0.15, 0.2) is 0 Å². The van der Waals surface area contributed by atoms with Crippen molar-refractivity contribution >= 4 is 5.69 Å². The smallest absolute Gasteiger partial charge is 0.0365 e. The van der Waals surface area contributed by atoms with E-state index in [1.807, 2.05) is 0 Å². The van der Waals surface area contributed by atoms with Crippen LogP contribution in [0.1, 0.15) is 20.8 Å². The number of benzene rings is 1. The summed E-state index contributed by atoms with van der Waals surface area (Å²) in [7, 11) is 0. The van der Waals surface area contributed by atoms with Crippen LogP contribution in [-0.4, -0.2) is 26.2 Å². The summed E-state index contributed by atoms with van der Waals surface area (Å²) >= 11 is 0. The fourth-order valence-corrected chi connectivity index (χ4v) is 1.50. The SMILES string of the molecule is C[C-](C)C.[Y].c1ccc(N2CC[N-]CC2)cc1. The van der Waals surface area contributed by atoms with Crippen LogP contribution < -0.4 is 4.90 Å². The molecule has 2 rings (SSSR count). The molecule has 1 saturated heterocycles. The third-order valence-electron chi connectivity index (χ3n) is 2.18. The van der Waals surface area contributed by atoms with Crippen molar-refractivity contribution in [1.29, 1.82) is 0 Å². The molecular weight excluding hydrogens is 285 g/mol. The van der Waals surface area contributed by atoms with Crippen molar-refractivity contribution < 1.29 is 32.7 Å². The Bertz CT molecular complexity index is 266. The predicted octanol–water partition coefficient (Wildman–Crippen LogP) is 3.50. The second-order valence-corrected chi connectivity index (χ2v) is 4.49. The summed E-state index contributed by atoms with van der Waals surface area (Å²) < 4.78 is 0. The summed E-state index contributed by atoms with van der Waals surface area (Å²) in [5.41, 5.74) is 1.33. The van der Waals surface area contributed by atoms with Crippen LogP contribution in [0.5, 0.6) is 0 Å². The number of nitrogens with zero attached hydrogens (tertiary/aromatic N) is 2.